The summed E-state index contributed by atoms with van der Waals surface area (Å²) < 4.78 is 0. The second-order valence-corrected chi connectivity index (χ2v) is 9.81. The molecule has 1 atom stereocenters. The summed E-state index contributed by atoms with van der Waals surface area (Å²) in [5.74, 6) is 1.94. The summed E-state index contributed by atoms with van der Waals surface area (Å²) in [5, 5.41) is 6.18. The van der Waals surface area contributed by atoms with Gasteiger partial charge in [0.05, 0.1) is 11.0 Å². The average molecular weight is 465 g/mol. The zero-order valence-electron chi connectivity index (χ0n) is 19.5. The summed E-state index contributed by atoms with van der Waals surface area (Å²) in [6, 6.07) is 22.7. The molecule has 2 amide bonds. The molecule has 3 aliphatic rings. The van der Waals surface area contributed by atoms with E-state index in [9.17, 15) is 9.59 Å². The van der Waals surface area contributed by atoms with Crippen molar-refractivity contribution in [2.24, 2.45) is 11.8 Å². The summed E-state index contributed by atoms with van der Waals surface area (Å²) in [6.07, 6.45) is 6.23. The fourth-order valence-electron chi connectivity index (χ4n) is 5.59. The van der Waals surface area contributed by atoms with Gasteiger partial charge in [-0.2, -0.15) is 0 Å². The zero-order chi connectivity index (χ0) is 23.8. The predicted molar refractivity (Wildman–Crippen MR) is 137 cm³/mol. The topological polar surface area (TPSA) is 86.9 Å². The smallest absolute Gasteiger partial charge is 0.255 e. The largest absolute Gasteiger partial charge is 0.349 e. The lowest BCUT2D eigenvalue weighted by Crippen LogP contribution is -2.47. The molecule has 0 radical (unpaired) electrons. The molecule has 3 aromatic carbocycles. The average Bonchev–Trinajstić information content (AvgIpc) is 3.34. The van der Waals surface area contributed by atoms with Crippen LogP contribution in [0, 0.1) is 11.8 Å². The van der Waals surface area contributed by atoms with Crippen LogP contribution >= 0.6 is 0 Å². The fraction of sp³-hybridized carbons (Fsp3) is 0.276. The predicted octanol–water partition coefficient (Wildman–Crippen LogP) is 5.79. The molecule has 3 N–H and O–H groups in total. The summed E-state index contributed by atoms with van der Waals surface area (Å²) >= 11 is 0. The molecule has 1 unspecified atom stereocenters. The van der Waals surface area contributed by atoms with Crippen molar-refractivity contribution >= 4 is 28.5 Å². The Morgan fingerprint density at radius 1 is 0.829 bits per heavy atom. The molecule has 1 heterocycles. The molecule has 176 valence electrons. The van der Waals surface area contributed by atoms with Crippen molar-refractivity contribution < 1.29 is 9.59 Å². The van der Waals surface area contributed by atoms with E-state index < -0.39 is 0 Å². The Morgan fingerprint density at radius 2 is 1.57 bits per heavy atom. The number of H-pyrrole nitrogens is 1. The third-order valence-corrected chi connectivity index (χ3v) is 7.56. The Bertz CT molecular complexity index is 1370. The zero-order valence-corrected chi connectivity index (χ0v) is 19.5. The van der Waals surface area contributed by atoms with Crippen LogP contribution in [0.3, 0.4) is 0 Å². The van der Waals surface area contributed by atoms with Gasteiger partial charge in [0.15, 0.2) is 0 Å². The highest BCUT2D eigenvalue weighted by Gasteiger charge is 2.36. The maximum Gasteiger partial charge on any atom is 0.255 e. The number of rotatable bonds is 5. The number of para-hydroxylation sites is 1. The lowest BCUT2D eigenvalue weighted by Gasteiger charge is -2.42. The van der Waals surface area contributed by atoms with E-state index in [0.717, 1.165) is 34.6 Å². The lowest BCUT2D eigenvalue weighted by atomic mass is 9.68. The molecule has 3 fully saturated rings. The van der Waals surface area contributed by atoms with Gasteiger partial charge in [0.1, 0.15) is 5.82 Å². The summed E-state index contributed by atoms with van der Waals surface area (Å²) in [7, 11) is 0. The highest BCUT2D eigenvalue weighted by atomic mass is 16.2. The van der Waals surface area contributed by atoms with Crippen molar-refractivity contribution in [2.45, 2.75) is 38.1 Å². The van der Waals surface area contributed by atoms with E-state index in [4.69, 9.17) is 4.98 Å². The van der Waals surface area contributed by atoms with Crippen molar-refractivity contribution in [2.75, 3.05) is 5.32 Å². The SMILES string of the molecule is O=C(Nc1ccccc1)c1ccc(-c2nc3cc(C(=O)NC4CC5CCC4CC5)ccc3[nH]2)cc1. The number of benzene rings is 3. The molecule has 6 heteroatoms. The van der Waals surface area contributed by atoms with Crippen molar-refractivity contribution in [3.63, 3.8) is 0 Å². The minimum Gasteiger partial charge on any atom is -0.349 e. The number of aromatic nitrogens is 2. The van der Waals surface area contributed by atoms with Crippen molar-refractivity contribution in [1.82, 2.24) is 15.3 Å². The number of imidazole rings is 1. The molecule has 0 saturated heterocycles. The number of fused-ring (bicyclic) bond motifs is 4. The number of carbonyl (C=O) groups is 2. The highest BCUT2D eigenvalue weighted by molar-refractivity contribution is 6.04. The van der Waals surface area contributed by atoms with E-state index in [1.165, 1.54) is 25.7 Å². The molecule has 0 spiro atoms. The Labute approximate surface area is 204 Å². The van der Waals surface area contributed by atoms with Gasteiger partial charge in [-0.25, -0.2) is 4.98 Å². The maximum absolute atomic E-state index is 13.0. The quantitative estimate of drug-likeness (QED) is 0.349. The summed E-state index contributed by atoms with van der Waals surface area (Å²) in [5.41, 5.74) is 4.48. The third-order valence-electron chi connectivity index (χ3n) is 7.56. The van der Waals surface area contributed by atoms with Crippen molar-refractivity contribution in [3.05, 3.63) is 83.9 Å². The van der Waals surface area contributed by atoms with Crippen LogP contribution in [0.1, 0.15) is 52.8 Å². The van der Waals surface area contributed by atoms with Crippen LogP contribution in [0.25, 0.3) is 22.4 Å². The maximum atomic E-state index is 13.0. The van der Waals surface area contributed by atoms with Gasteiger partial charge in [-0.15, -0.1) is 0 Å². The number of nitrogens with zero attached hydrogens (tertiary/aromatic N) is 1. The molecule has 4 aromatic rings. The number of hydrogen-bond donors (Lipinski definition) is 3. The second-order valence-electron chi connectivity index (χ2n) is 9.81. The number of carbonyl (C=O) groups excluding carboxylic acids is 2. The Hall–Kier alpha value is -3.93. The van der Waals surface area contributed by atoms with Crippen LogP contribution in [-0.4, -0.2) is 27.8 Å². The standard InChI is InChI=1S/C29H28N4O2/c34-28(30-23-4-2-1-3-5-23)21-12-10-20(11-13-21)27-31-24-15-14-22(17-26(24)32-27)29(35)33-25-16-18-6-8-19(25)9-7-18/h1-5,10-15,17-19,25H,6-9,16H2,(H,30,34)(H,31,32)(H,33,35). The van der Waals surface area contributed by atoms with E-state index >= 15 is 0 Å². The number of nitrogens with one attached hydrogen (secondary N) is 3. The van der Waals surface area contributed by atoms with E-state index in [1.54, 1.807) is 12.1 Å². The number of aromatic amines is 1. The Balaban J connectivity index is 1.16. The number of amides is 2. The van der Waals surface area contributed by atoms with Gasteiger partial charge in [-0.05, 0) is 73.6 Å². The van der Waals surface area contributed by atoms with Crippen LogP contribution in [0.5, 0.6) is 0 Å². The first-order valence-electron chi connectivity index (χ1n) is 12.4. The highest BCUT2D eigenvalue weighted by Crippen LogP contribution is 2.41. The lowest BCUT2D eigenvalue weighted by molar-refractivity contribution is 0.0810. The van der Waals surface area contributed by atoms with Crippen LogP contribution in [0.2, 0.25) is 0 Å². The van der Waals surface area contributed by atoms with Gasteiger partial charge < -0.3 is 15.6 Å². The Morgan fingerprint density at radius 3 is 2.29 bits per heavy atom. The van der Waals surface area contributed by atoms with Gasteiger partial charge in [0.25, 0.3) is 11.8 Å². The molecule has 2 bridgehead atoms. The minimum absolute atomic E-state index is 0.0113. The molecule has 35 heavy (non-hydrogen) atoms. The Kier molecular flexibility index (Phi) is 5.57. The van der Waals surface area contributed by atoms with E-state index in [2.05, 4.69) is 15.6 Å². The van der Waals surface area contributed by atoms with Crippen LogP contribution in [0.4, 0.5) is 5.69 Å². The van der Waals surface area contributed by atoms with E-state index in [-0.39, 0.29) is 11.8 Å². The van der Waals surface area contributed by atoms with Gasteiger partial charge in [-0.3, -0.25) is 9.59 Å². The summed E-state index contributed by atoms with van der Waals surface area (Å²) in [6.45, 7) is 0. The molecule has 0 aliphatic heterocycles. The van der Waals surface area contributed by atoms with Crippen LogP contribution in [0.15, 0.2) is 72.8 Å². The van der Waals surface area contributed by atoms with Gasteiger partial charge >= 0.3 is 0 Å². The summed E-state index contributed by atoms with van der Waals surface area (Å²) in [4.78, 5) is 33.5. The van der Waals surface area contributed by atoms with Crippen LogP contribution in [-0.2, 0) is 0 Å². The molecule has 7 rings (SSSR count). The monoisotopic (exact) mass is 464 g/mol. The number of hydrogen-bond acceptors (Lipinski definition) is 3. The first-order valence-corrected chi connectivity index (χ1v) is 12.4. The molecule has 3 saturated carbocycles. The van der Waals surface area contributed by atoms with Crippen molar-refractivity contribution in [3.8, 4) is 11.4 Å². The number of anilines is 1. The third kappa shape index (κ3) is 4.44. The molecular weight excluding hydrogens is 436 g/mol. The van der Waals surface area contributed by atoms with E-state index in [0.29, 0.717) is 28.9 Å². The molecule has 6 nitrogen and oxygen atoms in total. The van der Waals surface area contributed by atoms with E-state index in [1.807, 2.05) is 60.7 Å². The fourth-order valence-corrected chi connectivity index (χ4v) is 5.59. The van der Waals surface area contributed by atoms with Crippen LogP contribution < -0.4 is 10.6 Å². The minimum atomic E-state index is -0.158. The molecule has 3 aliphatic carbocycles. The first-order chi connectivity index (χ1) is 17.1. The molecular formula is C29H28N4O2. The van der Waals surface area contributed by atoms with Crippen molar-refractivity contribution in [1.29, 1.82) is 0 Å². The first kappa shape index (κ1) is 21.6. The molecule has 1 aromatic heterocycles. The van der Waals surface area contributed by atoms with Gasteiger partial charge in [-0.1, -0.05) is 43.2 Å². The second kappa shape index (κ2) is 9.02. The normalized spacial score (nSPS) is 21.1. The van der Waals surface area contributed by atoms with Gasteiger partial charge in [0.2, 0.25) is 0 Å². The van der Waals surface area contributed by atoms with Gasteiger partial charge in [0, 0.05) is 28.4 Å².